The van der Waals surface area contributed by atoms with Gasteiger partial charge >= 0.3 is 6.09 Å². The van der Waals surface area contributed by atoms with Gasteiger partial charge < -0.3 is 9.47 Å². The van der Waals surface area contributed by atoms with Gasteiger partial charge in [0.1, 0.15) is 0 Å². The third-order valence-corrected chi connectivity index (χ3v) is 3.43. The topological polar surface area (TPSA) is 38.8 Å². The summed E-state index contributed by atoms with van der Waals surface area (Å²) in [6, 6.07) is 7.68. The summed E-state index contributed by atoms with van der Waals surface area (Å²) in [5.41, 5.74) is 0.509. The molecule has 1 aliphatic rings. The first-order valence-electron chi connectivity index (χ1n) is 5.02. The molecule has 1 aliphatic heterocycles. The Bertz CT molecular complexity index is 397. The number of fused-ring (bicyclic) bond motifs is 1. The predicted octanol–water partition coefficient (Wildman–Crippen LogP) is 2.69. The monoisotopic (exact) mass is 239 g/mol. The first-order chi connectivity index (χ1) is 7.77. The van der Waals surface area contributed by atoms with Crippen LogP contribution in [-0.2, 0) is 9.47 Å². The van der Waals surface area contributed by atoms with E-state index in [-0.39, 0.29) is 11.7 Å². The molecule has 1 aromatic carbocycles. The summed E-state index contributed by atoms with van der Waals surface area (Å²) in [6.07, 6.45) is -0.369. The summed E-state index contributed by atoms with van der Waals surface area (Å²) in [7, 11) is 1.58. The smallest absolute Gasteiger partial charge is 0.417 e. The van der Waals surface area contributed by atoms with Crippen molar-refractivity contribution in [1.82, 2.24) is 0 Å². The molecule has 0 radical (unpaired) electrons. The minimum absolute atomic E-state index is 0.337. The van der Waals surface area contributed by atoms with E-state index in [2.05, 4.69) is 0 Å². The van der Waals surface area contributed by atoms with E-state index >= 15 is 0 Å². The fraction of sp³-hybridized carbons (Fsp3) is 0.364. The zero-order valence-corrected chi connectivity index (χ0v) is 9.99. The summed E-state index contributed by atoms with van der Waals surface area (Å²) in [5.74, 6) is 0. The number of para-hydroxylation sites is 1. The molecule has 0 saturated heterocycles. The molecule has 0 bridgehead atoms. The van der Waals surface area contributed by atoms with E-state index in [1.54, 1.807) is 14.0 Å². The maximum atomic E-state index is 11.8. The quantitative estimate of drug-likeness (QED) is 0.795. The van der Waals surface area contributed by atoms with Crippen LogP contribution < -0.4 is 4.90 Å². The van der Waals surface area contributed by atoms with E-state index in [0.717, 1.165) is 10.6 Å². The third kappa shape index (κ3) is 1.88. The van der Waals surface area contributed by atoms with Crippen LogP contribution in [0, 0.1) is 0 Å². The molecule has 1 atom stereocenters. The number of hydrogen-bond donors (Lipinski definition) is 0. The molecule has 0 unspecified atom stereocenters. The van der Waals surface area contributed by atoms with E-state index in [1.165, 1.54) is 16.7 Å². The molecule has 4 nitrogen and oxygen atoms in total. The lowest BCUT2D eigenvalue weighted by Crippen LogP contribution is -2.37. The molecule has 0 saturated carbocycles. The largest absolute Gasteiger partial charge is 0.449 e. The number of nitrogens with zero attached hydrogens (tertiary/aromatic N) is 1. The second-order valence-corrected chi connectivity index (χ2v) is 4.28. The fourth-order valence-electron chi connectivity index (χ4n) is 1.56. The molecular formula is C11H13NO3S. The summed E-state index contributed by atoms with van der Waals surface area (Å²) in [6.45, 7) is 2.15. The number of methoxy groups -OCH3 is 1. The second kappa shape index (κ2) is 4.76. The molecule has 1 amide bonds. The number of benzene rings is 1. The molecule has 5 heteroatoms. The Morgan fingerprint density at radius 3 is 2.94 bits per heavy atom. The van der Waals surface area contributed by atoms with Gasteiger partial charge in [0, 0.05) is 12.0 Å². The van der Waals surface area contributed by atoms with E-state index in [9.17, 15) is 4.79 Å². The molecule has 0 fully saturated rings. The Kier molecular flexibility index (Phi) is 3.36. The average molecular weight is 239 g/mol. The van der Waals surface area contributed by atoms with Crippen molar-refractivity contribution in [2.45, 2.75) is 17.4 Å². The van der Waals surface area contributed by atoms with Crippen LogP contribution in [0.2, 0.25) is 0 Å². The van der Waals surface area contributed by atoms with Crippen LogP contribution in [0.25, 0.3) is 0 Å². The molecule has 0 aliphatic carbocycles. The maximum absolute atomic E-state index is 11.8. The van der Waals surface area contributed by atoms with Gasteiger partial charge in [0.25, 0.3) is 0 Å². The molecule has 0 spiro atoms. The van der Waals surface area contributed by atoms with Crippen LogP contribution in [0.15, 0.2) is 29.2 Å². The zero-order chi connectivity index (χ0) is 11.5. The van der Waals surface area contributed by atoms with Crippen molar-refractivity contribution in [3.8, 4) is 0 Å². The van der Waals surface area contributed by atoms with Crippen molar-refractivity contribution in [2.75, 3.05) is 18.6 Å². The second-order valence-electron chi connectivity index (χ2n) is 3.20. The minimum atomic E-state index is -0.369. The minimum Gasteiger partial charge on any atom is -0.449 e. The Morgan fingerprint density at radius 1 is 1.50 bits per heavy atom. The third-order valence-electron chi connectivity index (χ3n) is 2.23. The highest BCUT2D eigenvalue weighted by atomic mass is 32.2. The molecule has 16 heavy (non-hydrogen) atoms. The summed E-state index contributed by atoms with van der Waals surface area (Å²) >= 11 is 1.50. The van der Waals surface area contributed by atoms with Gasteiger partial charge in [-0.25, -0.2) is 9.69 Å². The average Bonchev–Trinajstić information content (AvgIpc) is 2.67. The van der Waals surface area contributed by atoms with E-state index in [0.29, 0.717) is 6.61 Å². The fourth-order valence-corrected chi connectivity index (χ4v) is 2.62. The summed E-state index contributed by atoms with van der Waals surface area (Å²) in [5, 5.41) is 0. The van der Waals surface area contributed by atoms with Crippen molar-refractivity contribution in [1.29, 1.82) is 0 Å². The Balaban J connectivity index is 2.30. The summed E-state index contributed by atoms with van der Waals surface area (Å²) in [4.78, 5) is 14.3. The van der Waals surface area contributed by atoms with Crippen LogP contribution in [0.5, 0.6) is 0 Å². The Hall–Kier alpha value is -1.20. The number of carbonyl (C=O) groups is 1. The molecular weight excluding hydrogens is 226 g/mol. The number of carbonyl (C=O) groups excluding carboxylic acids is 1. The molecule has 2 rings (SSSR count). The molecule has 1 heterocycles. The zero-order valence-electron chi connectivity index (χ0n) is 9.17. The van der Waals surface area contributed by atoms with E-state index in [4.69, 9.17) is 9.47 Å². The van der Waals surface area contributed by atoms with Gasteiger partial charge in [-0.05, 0) is 19.1 Å². The van der Waals surface area contributed by atoms with Crippen LogP contribution in [-0.4, -0.2) is 25.4 Å². The van der Waals surface area contributed by atoms with Gasteiger partial charge in [-0.15, -0.1) is 0 Å². The van der Waals surface area contributed by atoms with Gasteiger partial charge in [0.15, 0.2) is 5.56 Å². The molecule has 1 aromatic rings. The van der Waals surface area contributed by atoms with Crippen LogP contribution in [0.4, 0.5) is 10.5 Å². The van der Waals surface area contributed by atoms with Gasteiger partial charge in [0.05, 0.1) is 12.3 Å². The van der Waals surface area contributed by atoms with Crippen molar-refractivity contribution < 1.29 is 14.3 Å². The van der Waals surface area contributed by atoms with Crippen molar-refractivity contribution in [2.24, 2.45) is 0 Å². The molecule has 0 N–H and O–H groups in total. The highest BCUT2D eigenvalue weighted by Crippen LogP contribution is 2.43. The van der Waals surface area contributed by atoms with E-state index in [1.807, 2.05) is 24.3 Å². The van der Waals surface area contributed by atoms with Crippen molar-refractivity contribution >= 4 is 23.5 Å². The number of thioether (sulfide) groups is 1. The SMILES string of the molecule is CCOC(=O)N1c2ccccc2S[C@H]1OC. The molecule has 0 aromatic heterocycles. The van der Waals surface area contributed by atoms with Crippen LogP contribution >= 0.6 is 11.8 Å². The number of amides is 1. The standard InChI is InChI=1S/C11H13NO3S/c1-3-15-10(13)12-8-6-4-5-7-9(8)16-11(12)14-2/h4-7,11H,3H2,1-2H3/t11-/m1/s1. The number of hydrogen-bond acceptors (Lipinski definition) is 4. The lowest BCUT2D eigenvalue weighted by molar-refractivity contribution is 0.131. The number of anilines is 1. The number of ether oxygens (including phenoxy) is 2. The molecule has 86 valence electrons. The highest BCUT2D eigenvalue weighted by Gasteiger charge is 2.35. The summed E-state index contributed by atoms with van der Waals surface area (Å²) < 4.78 is 10.3. The predicted molar refractivity (Wildman–Crippen MR) is 62.6 cm³/mol. The van der Waals surface area contributed by atoms with Crippen molar-refractivity contribution in [3.05, 3.63) is 24.3 Å². The number of rotatable bonds is 2. The Morgan fingerprint density at radius 2 is 2.25 bits per heavy atom. The van der Waals surface area contributed by atoms with Crippen molar-refractivity contribution in [3.63, 3.8) is 0 Å². The van der Waals surface area contributed by atoms with E-state index < -0.39 is 0 Å². The van der Waals surface area contributed by atoms with Gasteiger partial charge in [-0.3, -0.25) is 0 Å². The lowest BCUT2D eigenvalue weighted by Gasteiger charge is -2.21. The Labute approximate surface area is 98.5 Å². The van der Waals surface area contributed by atoms with Crippen LogP contribution in [0.1, 0.15) is 6.92 Å². The van der Waals surface area contributed by atoms with Gasteiger partial charge in [-0.1, -0.05) is 23.9 Å². The normalized spacial score (nSPS) is 18.4. The lowest BCUT2D eigenvalue weighted by atomic mass is 10.3. The van der Waals surface area contributed by atoms with Gasteiger partial charge in [0.2, 0.25) is 0 Å². The van der Waals surface area contributed by atoms with Gasteiger partial charge in [-0.2, -0.15) is 0 Å². The first-order valence-corrected chi connectivity index (χ1v) is 5.90. The highest BCUT2D eigenvalue weighted by molar-refractivity contribution is 8.00. The first kappa shape index (κ1) is 11.3. The van der Waals surface area contributed by atoms with Crippen LogP contribution in [0.3, 0.4) is 0 Å². The maximum Gasteiger partial charge on any atom is 0.417 e.